The summed E-state index contributed by atoms with van der Waals surface area (Å²) in [5.41, 5.74) is 0. The molecule has 0 aromatic carbocycles. The predicted octanol–water partition coefficient (Wildman–Crippen LogP) is 8.70. The first-order valence-corrected chi connectivity index (χ1v) is 15.2. The van der Waals surface area contributed by atoms with E-state index in [9.17, 15) is 4.79 Å². The molecule has 35 heavy (non-hydrogen) atoms. The largest absolute Gasteiger partial charge is 0.466 e. The molecule has 0 aromatic heterocycles. The molecule has 0 saturated heterocycles. The molecule has 0 aliphatic heterocycles. The Morgan fingerprint density at radius 3 is 1.71 bits per heavy atom. The Morgan fingerprint density at radius 1 is 0.657 bits per heavy atom. The van der Waals surface area contributed by atoms with E-state index in [1.54, 1.807) is 7.11 Å². The first-order valence-electron chi connectivity index (χ1n) is 15.2. The van der Waals surface area contributed by atoms with E-state index in [1.807, 2.05) is 6.21 Å². The van der Waals surface area contributed by atoms with Crippen LogP contribution in [-0.2, 0) is 14.4 Å². The summed E-state index contributed by atoms with van der Waals surface area (Å²) < 4.78 is 5.40. The molecular weight excluding hydrogens is 436 g/mol. The van der Waals surface area contributed by atoms with Crippen molar-refractivity contribution in [2.24, 2.45) is 5.16 Å². The Hall–Kier alpha value is -1.10. The Balaban J connectivity index is 3.74. The molecule has 0 aliphatic carbocycles. The van der Waals surface area contributed by atoms with Gasteiger partial charge in [0.05, 0.1) is 6.61 Å². The second kappa shape index (κ2) is 29.1. The lowest BCUT2D eigenvalue weighted by Crippen LogP contribution is -2.27. The van der Waals surface area contributed by atoms with E-state index < -0.39 is 0 Å². The van der Waals surface area contributed by atoms with Crippen LogP contribution in [0.15, 0.2) is 5.16 Å². The van der Waals surface area contributed by atoms with E-state index in [-0.39, 0.29) is 5.97 Å². The molecule has 0 radical (unpaired) electrons. The molecule has 5 heteroatoms. The standard InChI is InChI=1S/C30H60N2O3/c1-4-6-8-10-12-17-23-29-35-30(33)24-18-14-13-16-21-27-32(28-22-19-25-31-34-3)26-20-15-11-9-7-5-2/h25H,4-24,26-29H2,1-3H3/b31-25+. The molecule has 0 N–H and O–H groups in total. The average molecular weight is 497 g/mol. The van der Waals surface area contributed by atoms with Crippen molar-refractivity contribution < 1.29 is 14.4 Å². The maximum absolute atomic E-state index is 11.9. The summed E-state index contributed by atoms with van der Waals surface area (Å²) in [4.78, 5) is 19.3. The smallest absolute Gasteiger partial charge is 0.305 e. The van der Waals surface area contributed by atoms with Gasteiger partial charge in [-0.2, -0.15) is 0 Å². The number of ether oxygens (including phenoxy) is 1. The van der Waals surface area contributed by atoms with Gasteiger partial charge in [-0.15, -0.1) is 0 Å². The zero-order valence-corrected chi connectivity index (χ0v) is 23.9. The van der Waals surface area contributed by atoms with Crippen molar-refractivity contribution in [2.45, 2.75) is 149 Å². The van der Waals surface area contributed by atoms with E-state index in [0.717, 1.165) is 38.6 Å². The molecule has 0 rings (SSSR count). The van der Waals surface area contributed by atoms with Crippen molar-refractivity contribution in [3.05, 3.63) is 0 Å². The minimum atomic E-state index is -0.00175. The fourth-order valence-corrected chi connectivity index (χ4v) is 4.44. The quantitative estimate of drug-likeness (QED) is 0.0470. The summed E-state index contributed by atoms with van der Waals surface area (Å²) in [6, 6.07) is 0. The van der Waals surface area contributed by atoms with Crippen molar-refractivity contribution in [1.29, 1.82) is 0 Å². The molecule has 0 bridgehead atoms. The number of carbonyl (C=O) groups excluding carboxylic acids is 1. The summed E-state index contributed by atoms with van der Waals surface area (Å²) >= 11 is 0. The Bertz CT molecular complexity index is 457. The molecule has 0 unspecified atom stereocenters. The number of carbonyl (C=O) groups is 1. The number of esters is 1. The van der Waals surface area contributed by atoms with Gasteiger partial charge in [0.2, 0.25) is 0 Å². The highest BCUT2D eigenvalue weighted by atomic mass is 16.6. The highest BCUT2D eigenvalue weighted by molar-refractivity contribution is 5.69. The lowest BCUT2D eigenvalue weighted by molar-refractivity contribution is -0.143. The third kappa shape index (κ3) is 27.3. The summed E-state index contributed by atoms with van der Waals surface area (Å²) in [6.45, 7) is 8.69. The Labute approximate surface area is 218 Å². The summed E-state index contributed by atoms with van der Waals surface area (Å²) in [6.07, 6.45) is 27.3. The van der Waals surface area contributed by atoms with E-state index >= 15 is 0 Å². The average Bonchev–Trinajstić information content (AvgIpc) is 2.86. The minimum absolute atomic E-state index is 0.00175. The van der Waals surface area contributed by atoms with Crippen LogP contribution in [0.1, 0.15) is 149 Å². The van der Waals surface area contributed by atoms with Crippen LogP contribution in [0.2, 0.25) is 0 Å². The van der Waals surface area contributed by atoms with Crippen molar-refractivity contribution in [3.63, 3.8) is 0 Å². The Kier molecular flexibility index (Phi) is 28.2. The van der Waals surface area contributed by atoms with Crippen LogP contribution >= 0.6 is 0 Å². The van der Waals surface area contributed by atoms with E-state index in [1.165, 1.54) is 109 Å². The van der Waals surface area contributed by atoms with Gasteiger partial charge in [-0.25, -0.2) is 0 Å². The molecule has 0 saturated carbocycles. The van der Waals surface area contributed by atoms with Gasteiger partial charge in [0.25, 0.3) is 0 Å². The normalized spacial score (nSPS) is 11.5. The number of hydrogen-bond acceptors (Lipinski definition) is 5. The number of rotatable bonds is 28. The molecule has 0 atom stereocenters. The van der Waals surface area contributed by atoms with Crippen LogP contribution in [0.4, 0.5) is 0 Å². The van der Waals surface area contributed by atoms with Crippen LogP contribution in [0, 0.1) is 0 Å². The zero-order valence-electron chi connectivity index (χ0n) is 23.9. The van der Waals surface area contributed by atoms with Gasteiger partial charge in [-0.05, 0) is 58.2 Å². The number of unbranched alkanes of at least 4 members (excludes halogenated alkanes) is 16. The van der Waals surface area contributed by atoms with Gasteiger partial charge < -0.3 is 14.5 Å². The lowest BCUT2D eigenvalue weighted by Gasteiger charge is -2.22. The third-order valence-corrected chi connectivity index (χ3v) is 6.68. The van der Waals surface area contributed by atoms with Crippen LogP contribution < -0.4 is 0 Å². The number of nitrogens with zero attached hydrogens (tertiary/aromatic N) is 2. The fourth-order valence-electron chi connectivity index (χ4n) is 4.44. The zero-order chi connectivity index (χ0) is 25.7. The van der Waals surface area contributed by atoms with Crippen LogP contribution in [0.3, 0.4) is 0 Å². The first-order chi connectivity index (χ1) is 17.2. The molecule has 0 fully saturated rings. The summed E-state index contributed by atoms with van der Waals surface area (Å²) in [7, 11) is 1.60. The highest BCUT2D eigenvalue weighted by Crippen LogP contribution is 2.11. The van der Waals surface area contributed by atoms with Crippen molar-refractivity contribution >= 4 is 12.2 Å². The number of oxime groups is 1. The van der Waals surface area contributed by atoms with Crippen LogP contribution in [0.25, 0.3) is 0 Å². The van der Waals surface area contributed by atoms with E-state index in [4.69, 9.17) is 9.57 Å². The second-order valence-corrected chi connectivity index (χ2v) is 10.1. The second-order valence-electron chi connectivity index (χ2n) is 10.1. The molecule has 0 amide bonds. The molecule has 208 valence electrons. The van der Waals surface area contributed by atoms with Gasteiger partial charge in [-0.1, -0.05) is 109 Å². The third-order valence-electron chi connectivity index (χ3n) is 6.68. The van der Waals surface area contributed by atoms with Crippen molar-refractivity contribution in [3.8, 4) is 0 Å². The molecule has 0 aromatic rings. The van der Waals surface area contributed by atoms with Gasteiger partial charge in [0.15, 0.2) is 0 Å². The van der Waals surface area contributed by atoms with E-state index in [2.05, 4.69) is 23.9 Å². The minimum Gasteiger partial charge on any atom is -0.466 e. The van der Waals surface area contributed by atoms with Gasteiger partial charge in [-0.3, -0.25) is 4.79 Å². The molecule has 0 spiro atoms. The van der Waals surface area contributed by atoms with Gasteiger partial charge in [0, 0.05) is 12.6 Å². The summed E-state index contributed by atoms with van der Waals surface area (Å²) in [5.74, 6) is -0.00175. The van der Waals surface area contributed by atoms with Gasteiger partial charge >= 0.3 is 5.97 Å². The predicted molar refractivity (Wildman–Crippen MR) is 151 cm³/mol. The fraction of sp³-hybridized carbons (Fsp3) is 0.933. The molecule has 0 aliphatic rings. The van der Waals surface area contributed by atoms with Crippen molar-refractivity contribution in [2.75, 3.05) is 33.4 Å². The topological polar surface area (TPSA) is 51.1 Å². The van der Waals surface area contributed by atoms with Crippen molar-refractivity contribution in [1.82, 2.24) is 4.90 Å². The first kappa shape index (κ1) is 33.9. The Morgan fingerprint density at radius 2 is 1.14 bits per heavy atom. The van der Waals surface area contributed by atoms with Crippen LogP contribution in [0.5, 0.6) is 0 Å². The van der Waals surface area contributed by atoms with Gasteiger partial charge in [0.1, 0.15) is 7.11 Å². The lowest BCUT2D eigenvalue weighted by atomic mass is 10.1. The molecular formula is C30H60N2O3. The molecule has 0 heterocycles. The maximum Gasteiger partial charge on any atom is 0.305 e. The summed E-state index contributed by atoms with van der Waals surface area (Å²) in [5, 5.41) is 3.85. The highest BCUT2D eigenvalue weighted by Gasteiger charge is 2.06. The van der Waals surface area contributed by atoms with Crippen LogP contribution in [-0.4, -0.2) is 50.4 Å². The maximum atomic E-state index is 11.9. The number of hydrogen-bond donors (Lipinski definition) is 0. The van der Waals surface area contributed by atoms with E-state index in [0.29, 0.717) is 13.0 Å². The monoisotopic (exact) mass is 496 g/mol. The molecule has 5 nitrogen and oxygen atoms in total. The SMILES string of the molecule is CCCCCCCCCOC(=O)CCCCCCCN(CCC/C=N/OC)CCCCCCCC.